The van der Waals surface area contributed by atoms with Crippen molar-refractivity contribution in [2.45, 2.75) is 24.9 Å². The van der Waals surface area contributed by atoms with Crippen LogP contribution >= 0.6 is 12.4 Å². The number of halogens is 1. The third-order valence-corrected chi connectivity index (χ3v) is 2.36. The first-order valence-electron chi connectivity index (χ1n) is 5.33. The van der Waals surface area contributed by atoms with Gasteiger partial charge >= 0.3 is 0 Å². The van der Waals surface area contributed by atoms with Crippen molar-refractivity contribution in [3.8, 4) is 0 Å². The Morgan fingerprint density at radius 1 is 1.53 bits per heavy atom. The number of hydrogen-bond donors (Lipinski definition) is 2. The molecular formula is C10H20ClN3O3. The van der Waals surface area contributed by atoms with E-state index in [9.17, 15) is 9.59 Å². The van der Waals surface area contributed by atoms with Gasteiger partial charge < -0.3 is 20.7 Å². The molecule has 0 aromatic heterocycles. The summed E-state index contributed by atoms with van der Waals surface area (Å²) in [5.74, 6) is -0.421. The molecule has 0 aliphatic heterocycles. The summed E-state index contributed by atoms with van der Waals surface area (Å²) < 4.78 is 4.78. The van der Waals surface area contributed by atoms with Crippen LogP contribution in [0.25, 0.3) is 0 Å². The van der Waals surface area contributed by atoms with Crippen LogP contribution in [-0.2, 0) is 14.3 Å². The molecule has 0 aromatic rings. The molecule has 0 bridgehead atoms. The van der Waals surface area contributed by atoms with Crippen molar-refractivity contribution in [2.75, 3.05) is 27.3 Å². The summed E-state index contributed by atoms with van der Waals surface area (Å²) in [7, 11) is 3.04. The molecule has 1 saturated carbocycles. The minimum absolute atomic E-state index is 0. The second-order valence-corrected chi connectivity index (χ2v) is 4.10. The zero-order valence-electron chi connectivity index (χ0n) is 10.1. The maximum atomic E-state index is 11.6. The second-order valence-electron chi connectivity index (χ2n) is 4.10. The third-order valence-electron chi connectivity index (χ3n) is 2.36. The zero-order chi connectivity index (χ0) is 12.1. The standard InChI is InChI=1S/C10H19N3O3.ClH/c1-13(10(15)8(11)6-16-2)5-9(14)12-7-3-4-7;/h7-8H,3-6,11H2,1-2H3,(H,12,14);1H. The number of rotatable bonds is 6. The van der Waals surface area contributed by atoms with Gasteiger partial charge in [-0.3, -0.25) is 9.59 Å². The topological polar surface area (TPSA) is 84.7 Å². The number of methoxy groups -OCH3 is 1. The van der Waals surface area contributed by atoms with E-state index in [-0.39, 0.29) is 37.4 Å². The van der Waals surface area contributed by atoms with Crippen LogP contribution < -0.4 is 11.1 Å². The lowest BCUT2D eigenvalue weighted by molar-refractivity contribution is -0.136. The molecule has 1 aliphatic rings. The predicted molar refractivity (Wildman–Crippen MR) is 65.9 cm³/mol. The molecule has 1 rings (SSSR count). The Balaban J connectivity index is 0.00000256. The smallest absolute Gasteiger partial charge is 0.242 e. The fourth-order valence-electron chi connectivity index (χ4n) is 1.33. The molecule has 7 heteroatoms. The summed E-state index contributed by atoms with van der Waals surface area (Å²) >= 11 is 0. The van der Waals surface area contributed by atoms with Gasteiger partial charge in [0.1, 0.15) is 6.04 Å². The lowest BCUT2D eigenvalue weighted by Gasteiger charge is -2.20. The quantitative estimate of drug-likeness (QED) is 0.653. The van der Waals surface area contributed by atoms with E-state index < -0.39 is 6.04 Å². The molecule has 0 aromatic carbocycles. The lowest BCUT2D eigenvalue weighted by Crippen LogP contribution is -2.47. The minimum Gasteiger partial charge on any atom is -0.383 e. The number of nitrogens with zero attached hydrogens (tertiary/aromatic N) is 1. The molecule has 1 aliphatic carbocycles. The summed E-state index contributed by atoms with van der Waals surface area (Å²) in [6.45, 7) is 0.208. The van der Waals surface area contributed by atoms with Gasteiger partial charge in [-0.05, 0) is 12.8 Å². The lowest BCUT2D eigenvalue weighted by atomic mass is 10.3. The predicted octanol–water partition coefficient (Wildman–Crippen LogP) is -0.881. The van der Waals surface area contributed by atoms with Crippen LogP contribution in [0.2, 0.25) is 0 Å². The highest BCUT2D eigenvalue weighted by molar-refractivity contribution is 5.87. The SMILES string of the molecule is COCC(N)C(=O)N(C)CC(=O)NC1CC1.Cl. The van der Waals surface area contributed by atoms with E-state index in [0.29, 0.717) is 6.04 Å². The van der Waals surface area contributed by atoms with Crippen molar-refractivity contribution in [1.29, 1.82) is 0 Å². The van der Waals surface area contributed by atoms with Crippen LogP contribution in [0.4, 0.5) is 0 Å². The van der Waals surface area contributed by atoms with Crippen molar-refractivity contribution in [3.63, 3.8) is 0 Å². The normalized spacial score (nSPS) is 15.7. The second kappa shape index (κ2) is 7.47. The Bertz CT molecular complexity index is 272. The maximum absolute atomic E-state index is 11.6. The third kappa shape index (κ3) is 5.86. The molecule has 3 N–H and O–H groups in total. The first kappa shape index (κ1) is 16.1. The maximum Gasteiger partial charge on any atom is 0.242 e. The molecule has 0 saturated heterocycles. The number of nitrogens with one attached hydrogen (secondary N) is 1. The van der Waals surface area contributed by atoms with E-state index in [2.05, 4.69) is 5.32 Å². The fourth-order valence-corrected chi connectivity index (χ4v) is 1.33. The van der Waals surface area contributed by atoms with Crippen molar-refractivity contribution in [1.82, 2.24) is 10.2 Å². The molecule has 0 spiro atoms. The van der Waals surface area contributed by atoms with E-state index >= 15 is 0 Å². The van der Waals surface area contributed by atoms with Gasteiger partial charge in [-0.25, -0.2) is 0 Å². The number of likely N-dealkylation sites (N-methyl/N-ethyl adjacent to an activating group) is 1. The highest BCUT2D eigenvalue weighted by Crippen LogP contribution is 2.18. The molecule has 0 radical (unpaired) electrons. The highest BCUT2D eigenvalue weighted by atomic mass is 35.5. The Morgan fingerprint density at radius 3 is 2.59 bits per heavy atom. The number of ether oxygens (including phenoxy) is 1. The molecule has 100 valence electrons. The Morgan fingerprint density at radius 2 is 2.12 bits per heavy atom. The summed E-state index contributed by atoms with van der Waals surface area (Å²) in [5, 5.41) is 2.81. The van der Waals surface area contributed by atoms with Gasteiger partial charge in [-0.2, -0.15) is 0 Å². The average molecular weight is 266 g/mol. The molecule has 1 unspecified atom stereocenters. The Hall–Kier alpha value is -0.850. The van der Waals surface area contributed by atoms with Gasteiger partial charge in [-0.15, -0.1) is 12.4 Å². The van der Waals surface area contributed by atoms with Gasteiger partial charge in [-0.1, -0.05) is 0 Å². The van der Waals surface area contributed by atoms with Crippen LogP contribution in [0.3, 0.4) is 0 Å². The first-order chi connectivity index (χ1) is 7.54. The van der Waals surface area contributed by atoms with E-state index in [1.165, 1.54) is 12.0 Å². The van der Waals surface area contributed by atoms with Gasteiger partial charge in [0.15, 0.2) is 0 Å². The Kier molecular flexibility index (Phi) is 7.10. The number of carbonyl (C=O) groups is 2. The number of carbonyl (C=O) groups excluding carboxylic acids is 2. The van der Waals surface area contributed by atoms with Gasteiger partial charge in [0.05, 0.1) is 13.2 Å². The zero-order valence-corrected chi connectivity index (χ0v) is 11.0. The summed E-state index contributed by atoms with van der Waals surface area (Å²) in [6.07, 6.45) is 2.07. The minimum atomic E-state index is -0.705. The largest absolute Gasteiger partial charge is 0.383 e. The van der Waals surface area contributed by atoms with Crippen molar-refractivity contribution >= 4 is 24.2 Å². The van der Waals surface area contributed by atoms with E-state index in [4.69, 9.17) is 10.5 Å². The molecule has 17 heavy (non-hydrogen) atoms. The van der Waals surface area contributed by atoms with Crippen LogP contribution in [0.5, 0.6) is 0 Å². The van der Waals surface area contributed by atoms with E-state index in [0.717, 1.165) is 12.8 Å². The molecular weight excluding hydrogens is 246 g/mol. The summed E-state index contributed by atoms with van der Waals surface area (Å²) in [5.41, 5.74) is 5.57. The molecule has 6 nitrogen and oxygen atoms in total. The van der Waals surface area contributed by atoms with E-state index in [1.807, 2.05) is 0 Å². The van der Waals surface area contributed by atoms with Gasteiger partial charge in [0.25, 0.3) is 0 Å². The first-order valence-corrected chi connectivity index (χ1v) is 5.33. The summed E-state index contributed by atoms with van der Waals surface area (Å²) in [4.78, 5) is 24.3. The number of amides is 2. The monoisotopic (exact) mass is 265 g/mol. The van der Waals surface area contributed by atoms with Crippen molar-refractivity contribution < 1.29 is 14.3 Å². The van der Waals surface area contributed by atoms with Gasteiger partial charge in [0.2, 0.25) is 11.8 Å². The number of nitrogens with two attached hydrogens (primary N) is 1. The van der Waals surface area contributed by atoms with Gasteiger partial charge in [0, 0.05) is 20.2 Å². The molecule has 2 amide bonds. The molecule has 0 heterocycles. The molecule has 1 fully saturated rings. The van der Waals surface area contributed by atoms with Crippen molar-refractivity contribution in [2.24, 2.45) is 5.73 Å². The highest BCUT2D eigenvalue weighted by Gasteiger charge is 2.25. The van der Waals surface area contributed by atoms with E-state index in [1.54, 1.807) is 7.05 Å². The average Bonchev–Trinajstić information content (AvgIpc) is 3.00. The van der Waals surface area contributed by atoms with Crippen molar-refractivity contribution in [3.05, 3.63) is 0 Å². The van der Waals surface area contributed by atoms with Crippen LogP contribution in [0.1, 0.15) is 12.8 Å². The van der Waals surface area contributed by atoms with Crippen LogP contribution in [0, 0.1) is 0 Å². The van der Waals surface area contributed by atoms with Crippen LogP contribution in [0.15, 0.2) is 0 Å². The summed E-state index contributed by atoms with van der Waals surface area (Å²) in [6, 6.07) is -0.396. The Labute approximate surface area is 107 Å². The number of hydrogen-bond acceptors (Lipinski definition) is 4. The fraction of sp³-hybridized carbons (Fsp3) is 0.800. The molecule has 1 atom stereocenters. The van der Waals surface area contributed by atoms with Crippen LogP contribution in [-0.4, -0.2) is 56.1 Å².